The Morgan fingerprint density at radius 2 is 2.33 bits per heavy atom. The molecule has 2 heterocycles. The van der Waals surface area contributed by atoms with Crippen LogP contribution in [0, 0.1) is 0 Å². The minimum Gasteiger partial charge on any atom is -0.300 e. The van der Waals surface area contributed by atoms with Crippen molar-refractivity contribution in [2.75, 3.05) is 6.54 Å². The number of rotatable bonds is 0. The zero-order chi connectivity index (χ0) is 8.55. The Kier molecular flexibility index (Phi) is 2.01. The number of ketones is 1. The molecule has 0 aromatic rings. The highest BCUT2D eigenvalue weighted by atomic mass is 16.1. The summed E-state index contributed by atoms with van der Waals surface area (Å²) in [5.41, 5.74) is 0. The van der Waals surface area contributed by atoms with Gasteiger partial charge in [0.15, 0.2) is 0 Å². The van der Waals surface area contributed by atoms with Crippen molar-refractivity contribution in [2.45, 2.75) is 38.3 Å². The molecule has 2 aliphatic heterocycles. The first-order valence-corrected chi connectivity index (χ1v) is 4.71. The summed E-state index contributed by atoms with van der Waals surface area (Å²) in [6.45, 7) is 3.29. The van der Waals surface area contributed by atoms with E-state index in [4.69, 9.17) is 0 Å². The van der Waals surface area contributed by atoms with Crippen LogP contribution in [0.3, 0.4) is 0 Å². The van der Waals surface area contributed by atoms with E-state index in [9.17, 15) is 4.79 Å². The molecule has 2 aliphatic rings. The van der Waals surface area contributed by atoms with Crippen LogP contribution in [-0.4, -0.2) is 29.3 Å². The van der Waals surface area contributed by atoms with Gasteiger partial charge in [0.05, 0.1) is 0 Å². The fraction of sp³-hybridized carbons (Fsp3) is 0.700. The summed E-state index contributed by atoms with van der Waals surface area (Å²) in [6.07, 6.45) is 7.03. The van der Waals surface area contributed by atoms with Gasteiger partial charge in [-0.05, 0) is 13.3 Å². The second-order valence-electron chi connectivity index (χ2n) is 3.82. The molecule has 0 unspecified atom stereocenters. The van der Waals surface area contributed by atoms with Crippen LogP contribution >= 0.6 is 0 Å². The Morgan fingerprint density at radius 1 is 1.50 bits per heavy atom. The van der Waals surface area contributed by atoms with Crippen LogP contribution in [0.2, 0.25) is 0 Å². The van der Waals surface area contributed by atoms with Crippen molar-refractivity contribution in [3.8, 4) is 0 Å². The molecular weight excluding hydrogens is 150 g/mol. The number of Topliss-reactive ketones (excluding diaryl/α,β-unsaturated/α-hetero) is 1. The molecule has 0 amide bonds. The lowest BCUT2D eigenvalue weighted by Gasteiger charge is -2.40. The molecule has 0 bridgehead atoms. The van der Waals surface area contributed by atoms with Crippen molar-refractivity contribution in [1.82, 2.24) is 4.90 Å². The first-order valence-electron chi connectivity index (χ1n) is 4.71. The third-order valence-corrected chi connectivity index (χ3v) is 2.86. The van der Waals surface area contributed by atoms with E-state index in [0.717, 1.165) is 25.8 Å². The third-order valence-electron chi connectivity index (χ3n) is 2.86. The van der Waals surface area contributed by atoms with Gasteiger partial charge in [-0.1, -0.05) is 12.2 Å². The van der Waals surface area contributed by atoms with Gasteiger partial charge in [0, 0.05) is 31.5 Å². The lowest BCUT2D eigenvalue weighted by Crippen LogP contribution is -2.48. The second kappa shape index (κ2) is 3.02. The minimum absolute atomic E-state index is 0.412. The SMILES string of the molecule is C[C@H]1CC(=O)C[C@@H]2C=CCCN12. The molecule has 12 heavy (non-hydrogen) atoms. The Hall–Kier alpha value is -0.630. The standard InChI is InChI=1S/C10H15NO/c1-8-6-10(12)7-9-4-2-3-5-11(8)9/h2,4,8-9H,3,5-7H2,1H3/t8-,9-/m0/s1. The summed E-state index contributed by atoms with van der Waals surface area (Å²) in [5.74, 6) is 0.426. The van der Waals surface area contributed by atoms with Crippen LogP contribution < -0.4 is 0 Å². The van der Waals surface area contributed by atoms with E-state index < -0.39 is 0 Å². The molecule has 0 spiro atoms. The summed E-state index contributed by atoms with van der Waals surface area (Å²) < 4.78 is 0. The largest absolute Gasteiger partial charge is 0.300 e. The Labute approximate surface area is 73.2 Å². The molecule has 2 atom stereocenters. The van der Waals surface area contributed by atoms with Crippen LogP contribution in [0.1, 0.15) is 26.2 Å². The zero-order valence-electron chi connectivity index (χ0n) is 7.49. The maximum atomic E-state index is 11.3. The molecule has 0 aromatic heterocycles. The molecule has 1 saturated heterocycles. The zero-order valence-corrected chi connectivity index (χ0v) is 7.49. The topological polar surface area (TPSA) is 20.3 Å². The van der Waals surface area contributed by atoms with Gasteiger partial charge in [-0.25, -0.2) is 0 Å². The number of fused-ring (bicyclic) bond motifs is 1. The van der Waals surface area contributed by atoms with Crippen molar-refractivity contribution >= 4 is 5.78 Å². The quantitative estimate of drug-likeness (QED) is 0.505. The molecule has 1 fully saturated rings. The average molecular weight is 165 g/mol. The number of carbonyl (C=O) groups excluding carboxylic acids is 1. The van der Waals surface area contributed by atoms with E-state index in [-0.39, 0.29) is 0 Å². The maximum absolute atomic E-state index is 11.3. The highest BCUT2D eigenvalue weighted by Crippen LogP contribution is 2.24. The van der Waals surface area contributed by atoms with Gasteiger partial charge in [-0.15, -0.1) is 0 Å². The first-order chi connectivity index (χ1) is 5.77. The van der Waals surface area contributed by atoms with Crippen LogP contribution in [0.25, 0.3) is 0 Å². The molecule has 0 radical (unpaired) electrons. The second-order valence-corrected chi connectivity index (χ2v) is 3.82. The molecular formula is C10H15NO. The predicted octanol–water partition coefficient (Wildman–Crippen LogP) is 1.37. The van der Waals surface area contributed by atoms with Gasteiger partial charge in [-0.2, -0.15) is 0 Å². The molecule has 2 nitrogen and oxygen atoms in total. The summed E-state index contributed by atoms with van der Waals surface area (Å²) >= 11 is 0. The van der Waals surface area contributed by atoms with E-state index >= 15 is 0 Å². The molecule has 2 heteroatoms. The van der Waals surface area contributed by atoms with Crippen molar-refractivity contribution < 1.29 is 4.79 Å². The number of carbonyl (C=O) groups is 1. The van der Waals surface area contributed by atoms with Gasteiger partial charge in [0.1, 0.15) is 5.78 Å². The maximum Gasteiger partial charge on any atom is 0.136 e. The van der Waals surface area contributed by atoms with Crippen LogP contribution in [-0.2, 0) is 4.79 Å². The summed E-state index contributed by atoms with van der Waals surface area (Å²) in [6, 6.07) is 0.871. The number of hydrogen-bond acceptors (Lipinski definition) is 2. The van der Waals surface area contributed by atoms with Crippen molar-refractivity contribution in [3.63, 3.8) is 0 Å². The number of hydrogen-bond donors (Lipinski definition) is 0. The Morgan fingerprint density at radius 3 is 3.17 bits per heavy atom. The molecule has 2 rings (SSSR count). The van der Waals surface area contributed by atoms with Crippen molar-refractivity contribution in [3.05, 3.63) is 12.2 Å². The monoisotopic (exact) mass is 165 g/mol. The average Bonchev–Trinajstić information content (AvgIpc) is 2.04. The Bertz CT molecular complexity index is 222. The fourth-order valence-corrected chi connectivity index (χ4v) is 2.25. The first kappa shape index (κ1) is 7.99. The minimum atomic E-state index is 0.412. The van der Waals surface area contributed by atoms with Crippen molar-refractivity contribution in [2.24, 2.45) is 0 Å². The van der Waals surface area contributed by atoms with Crippen LogP contribution in [0.15, 0.2) is 12.2 Å². The van der Waals surface area contributed by atoms with E-state index in [0.29, 0.717) is 17.9 Å². The van der Waals surface area contributed by atoms with E-state index in [1.54, 1.807) is 0 Å². The third kappa shape index (κ3) is 1.31. The molecule has 0 saturated carbocycles. The Balaban J connectivity index is 2.15. The number of nitrogens with zero attached hydrogens (tertiary/aromatic N) is 1. The smallest absolute Gasteiger partial charge is 0.136 e. The number of piperidine rings is 1. The molecule has 66 valence electrons. The molecule has 0 aliphatic carbocycles. The molecule has 0 aromatic carbocycles. The lowest BCUT2D eigenvalue weighted by atomic mass is 9.92. The van der Waals surface area contributed by atoms with Gasteiger partial charge in [-0.3, -0.25) is 9.69 Å². The highest BCUT2D eigenvalue weighted by Gasteiger charge is 2.31. The van der Waals surface area contributed by atoms with E-state index in [1.165, 1.54) is 0 Å². The van der Waals surface area contributed by atoms with Gasteiger partial charge in [0.25, 0.3) is 0 Å². The van der Waals surface area contributed by atoms with Gasteiger partial charge >= 0.3 is 0 Å². The van der Waals surface area contributed by atoms with Gasteiger partial charge < -0.3 is 0 Å². The van der Waals surface area contributed by atoms with Crippen LogP contribution in [0.5, 0.6) is 0 Å². The molecule has 0 N–H and O–H groups in total. The summed E-state index contributed by atoms with van der Waals surface area (Å²) in [4.78, 5) is 13.7. The van der Waals surface area contributed by atoms with Crippen LogP contribution in [0.4, 0.5) is 0 Å². The predicted molar refractivity (Wildman–Crippen MR) is 48.0 cm³/mol. The van der Waals surface area contributed by atoms with E-state index in [2.05, 4.69) is 24.0 Å². The highest BCUT2D eigenvalue weighted by molar-refractivity contribution is 5.80. The van der Waals surface area contributed by atoms with Crippen molar-refractivity contribution in [1.29, 1.82) is 0 Å². The lowest BCUT2D eigenvalue weighted by molar-refractivity contribution is -0.124. The normalized spacial score (nSPS) is 36.6. The van der Waals surface area contributed by atoms with E-state index in [1.807, 2.05) is 0 Å². The summed E-state index contributed by atoms with van der Waals surface area (Å²) in [7, 11) is 0. The van der Waals surface area contributed by atoms with Gasteiger partial charge in [0.2, 0.25) is 0 Å². The summed E-state index contributed by atoms with van der Waals surface area (Å²) in [5, 5.41) is 0. The fourth-order valence-electron chi connectivity index (χ4n) is 2.25.